The predicted molar refractivity (Wildman–Crippen MR) is 120 cm³/mol. The number of thioether (sulfide) groups is 2. The number of anilines is 2. The standard InChI is InChI=1S/C18H22N4O8S2/c1-9(23)19-13(15(25)26)7-31-17(29)21-11-3-5-12(6-4-11)22-18(30)32-8-14(16(27)28)20-10(2)24/h3-6,13-14H,7-8H2,1-2H3,(H,19,23)(H,20,24)(H,21,29)(H,22,30)(H,25,26)(H,27,28)/t13-,14-/m0/s1. The minimum atomic E-state index is -1.26. The van der Waals surface area contributed by atoms with E-state index in [1.54, 1.807) is 0 Å². The highest BCUT2D eigenvalue weighted by Gasteiger charge is 2.21. The highest BCUT2D eigenvalue weighted by Crippen LogP contribution is 2.18. The quantitative estimate of drug-likeness (QED) is 0.282. The van der Waals surface area contributed by atoms with Gasteiger partial charge >= 0.3 is 11.9 Å². The van der Waals surface area contributed by atoms with Gasteiger partial charge in [0.25, 0.3) is 10.5 Å². The molecule has 0 saturated heterocycles. The molecule has 6 N–H and O–H groups in total. The number of carboxylic acid groups (broad SMARTS) is 2. The summed E-state index contributed by atoms with van der Waals surface area (Å²) in [6, 6.07) is 3.59. The first-order valence-electron chi connectivity index (χ1n) is 8.95. The molecule has 1 rings (SSSR count). The van der Waals surface area contributed by atoms with Crippen LogP contribution in [-0.2, 0) is 19.2 Å². The van der Waals surface area contributed by atoms with Gasteiger partial charge in [-0.2, -0.15) is 0 Å². The minimum absolute atomic E-state index is 0.165. The van der Waals surface area contributed by atoms with Crippen molar-refractivity contribution in [1.29, 1.82) is 0 Å². The van der Waals surface area contributed by atoms with Gasteiger partial charge in [-0.3, -0.25) is 19.2 Å². The van der Waals surface area contributed by atoms with E-state index in [2.05, 4.69) is 21.3 Å². The minimum Gasteiger partial charge on any atom is -0.480 e. The molecular formula is C18H22N4O8S2. The van der Waals surface area contributed by atoms with Crippen molar-refractivity contribution in [3.8, 4) is 0 Å². The summed E-state index contributed by atoms with van der Waals surface area (Å²) in [5.74, 6) is -3.90. The summed E-state index contributed by atoms with van der Waals surface area (Å²) < 4.78 is 0. The second kappa shape index (κ2) is 13.2. The molecule has 4 amide bonds. The van der Waals surface area contributed by atoms with Crippen molar-refractivity contribution in [3.63, 3.8) is 0 Å². The third kappa shape index (κ3) is 10.7. The van der Waals surface area contributed by atoms with Crippen LogP contribution in [0.2, 0.25) is 0 Å². The Kier molecular flexibility index (Phi) is 11.1. The molecule has 12 nitrogen and oxygen atoms in total. The van der Waals surface area contributed by atoms with E-state index in [0.717, 1.165) is 0 Å². The van der Waals surface area contributed by atoms with Crippen LogP contribution < -0.4 is 21.3 Å². The van der Waals surface area contributed by atoms with Gasteiger partial charge in [-0.1, -0.05) is 23.5 Å². The summed E-state index contributed by atoms with van der Waals surface area (Å²) in [4.78, 5) is 68.0. The average molecular weight is 487 g/mol. The number of carbonyl (C=O) groups is 6. The van der Waals surface area contributed by atoms with Gasteiger partial charge in [0.05, 0.1) is 0 Å². The van der Waals surface area contributed by atoms with Crippen LogP contribution in [0, 0.1) is 0 Å². The van der Waals surface area contributed by atoms with Crippen molar-refractivity contribution in [1.82, 2.24) is 10.6 Å². The number of carbonyl (C=O) groups excluding carboxylic acids is 4. The van der Waals surface area contributed by atoms with Gasteiger partial charge < -0.3 is 31.5 Å². The average Bonchev–Trinajstić information content (AvgIpc) is 2.69. The lowest BCUT2D eigenvalue weighted by Gasteiger charge is -2.13. The number of rotatable bonds is 10. The molecule has 0 bridgehead atoms. The Balaban J connectivity index is 2.51. The summed E-state index contributed by atoms with van der Waals surface area (Å²) in [6.45, 7) is 2.35. The molecule has 174 valence electrons. The number of carboxylic acids is 2. The number of benzene rings is 1. The van der Waals surface area contributed by atoms with Crippen LogP contribution in [0.5, 0.6) is 0 Å². The topological polar surface area (TPSA) is 191 Å². The van der Waals surface area contributed by atoms with E-state index in [0.29, 0.717) is 34.9 Å². The maximum absolute atomic E-state index is 12.0. The van der Waals surface area contributed by atoms with Gasteiger partial charge in [-0.25, -0.2) is 9.59 Å². The Bertz CT molecular complexity index is 807. The molecule has 2 atom stereocenters. The van der Waals surface area contributed by atoms with Crippen LogP contribution in [0.25, 0.3) is 0 Å². The van der Waals surface area contributed by atoms with Gasteiger partial charge in [0.1, 0.15) is 12.1 Å². The number of nitrogens with one attached hydrogen (secondary N) is 4. The maximum atomic E-state index is 12.0. The summed E-state index contributed by atoms with van der Waals surface area (Å²) in [7, 11) is 0. The fraction of sp³-hybridized carbons (Fsp3) is 0.333. The molecule has 0 saturated carbocycles. The van der Waals surface area contributed by atoms with Gasteiger partial charge in [-0.15, -0.1) is 0 Å². The van der Waals surface area contributed by atoms with E-state index in [1.807, 2.05) is 0 Å². The van der Waals surface area contributed by atoms with Gasteiger partial charge in [0.2, 0.25) is 11.8 Å². The third-order valence-corrected chi connectivity index (χ3v) is 5.22. The third-order valence-electron chi connectivity index (χ3n) is 3.49. The van der Waals surface area contributed by atoms with Gasteiger partial charge in [0.15, 0.2) is 0 Å². The molecule has 0 aliphatic carbocycles. The fourth-order valence-electron chi connectivity index (χ4n) is 2.10. The Morgan fingerprint density at radius 2 is 1.03 bits per heavy atom. The molecule has 0 spiro atoms. The summed E-state index contributed by atoms with van der Waals surface area (Å²) in [6.07, 6.45) is 0. The number of aliphatic carboxylic acids is 2. The van der Waals surface area contributed by atoms with Crippen LogP contribution in [0.4, 0.5) is 21.0 Å². The predicted octanol–water partition coefficient (Wildman–Crippen LogP) is 1.40. The Labute approximate surface area is 191 Å². The molecule has 0 heterocycles. The molecule has 0 aromatic heterocycles. The number of hydrogen-bond acceptors (Lipinski definition) is 8. The number of amides is 4. The molecule has 0 fully saturated rings. The first-order valence-corrected chi connectivity index (χ1v) is 10.9. The Morgan fingerprint density at radius 3 is 1.28 bits per heavy atom. The van der Waals surface area contributed by atoms with Crippen molar-refractivity contribution in [2.24, 2.45) is 0 Å². The Hall–Kier alpha value is -3.26. The largest absolute Gasteiger partial charge is 0.480 e. The zero-order valence-corrected chi connectivity index (χ0v) is 18.7. The summed E-state index contributed by atoms with van der Waals surface area (Å²) in [5.41, 5.74) is 0.771. The zero-order chi connectivity index (χ0) is 24.3. The lowest BCUT2D eigenvalue weighted by molar-refractivity contribution is -0.141. The van der Waals surface area contributed by atoms with Crippen molar-refractivity contribution in [3.05, 3.63) is 24.3 Å². The molecule has 0 aliphatic heterocycles. The molecule has 0 unspecified atom stereocenters. The first kappa shape index (κ1) is 26.8. The van der Waals surface area contributed by atoms with Crippen LogP contribution in [0.1, 0.15) is 13.8 Å². The molecule has 0 radical (unpaired) electrons. The molecule has 14 heteroatoms. The van der Waals surface area contributed by atoms with Gasteiger partial charge in [0, 0.05) is 36.7 Å². The monoisotopic (exact) mass is 486 g/mol. The second-order valence-corrected chi connectivity index (χ2v) is 8.19. The lowest BCUT2D eigenvalue weighted by Crippen LogP contribution is -2.41. The van der Waals surface area contributed by atoms with E-state index >= 15 is 0 Å². The van der Waals surface area contributed by atoms with E-state index in [4.69, 9.17) is 10.2 Å². The van der Waals surface area contributed by atoms with E-state index in [1.165, 1.54) is 38.1 Å². The Morgan fingerprint density at radius 1 is 0.719 bits per heavy atom. The lowest BCUT2D eigenvalue weighted by atomic mass is 10.3. The highest BCUT2D eigenvalue weighted by atomic mass is 32.2. The van der Waals surface area contributed by atoms with Gasteiger partial charge in [-0.05, 0) is 24.3 Å². The second-order valence-electron chi connectivity index (χ2n) is 6.21. The zero-order valence-electron chi connectivity index (χ0n) is 17.0. The summed E-state index contributed by atoms with van der Waals surface area (Å²) in [5, 5.41) is 26.5. The van der Waals surface area contributed by atoms with E-state index in [-0.39, 0.29) is 11.5 Å². The maximum Gasteiger partial charge on any atom is 0.327 e. The SMILES string of the molecule is CC(=O)N[C@@H](CSC(=O)Nc1ccc(NC(=O)SC[C@H](NC(C)=O)C(=O)O)cc1)C(=O)O. The highest BCUT2D eigenvalue weighted by molar-refractivity contribution is 8.14. The van der Waals surface area contributed by atoms with Crippen molar-refractivity contribution in [2.75, 3.05) is 22.1 Å². The molecule has 1 aromatic carbocycles. The van der Waals surface area contributed by atoms with E-state index in [9.17, 15) is 28.8 Å². The van der Waals surface area contributed by atoms with Crippen LogP contribution >= 0.6 is 23.5 Å². The van der Waals surface area contributed by atoms with Crippen LogP contribution in [0.3, 0.4) is 0 Å². The molecule has 32 heavy (non-hydrogen) atoms. The van der Waals surface area contributed by atoms with Crippen LogP contribution in [0.15, 0.2) is 24.3 Å². The van der Waals surface area contributed by atoms with E-state index < -0.39 is 46.3 Å². The van der Waals surface area contributed by atoms with Crippen molar-refractivity contribution < 1.29 is 39.0 Å². The number of hydrogen-bond donors (Lipinski definition) is 6. The summed E-state index contributed by atoms with van der Waals surface area (Å²) >= 11 is 1.37. The van der Waals surface area contributed by atoms with Crippen LogP contribution in [-0.4, -0.2) is 68.0 Å². The molecule has 1 aromatic rings. The molecular weight excluding hydrogens is 464 g/mol. The van der Waals surface area contributed by atoms with Crippen molar-refractivity contribution in [2.45, 2.75) is 25.9 Å². The normalized spacial score (nSPS) is 12.1. The van der Waals surface area contributed by atoms with Crippen molar-refractivity contribution >= 4 is 69.1 Å². The molecule has 0 aliphatic rings. The smallest absolute Gasteiger partial charge is 0.327 e. The fourth-order valence-corrected chi connectivity index (χ4v) is 3.57. The first-order chi connectivity index (χ1) is 15.0.